The summed E-state index contributed by atoms with van der Waals surface area (Å²) in [4.78, 5) is 19.5. The third-order valence-corrected chi connectivity index (χ3v) is 5.77. The van der Waals surface area contributed by atoms with Crippen LogP contribution >= 0.6 is 0 Å². The maximum atomic E-state index is 12.8. The largest absolute Gasteiger partial charge is 0.337 e. The third-order valence-electron chi connectivity index (χ3n) is 5.77. The predicted molar refractivity (Wildman–Crippen MR) is 97.5 cm³/mol. The van der Waals surface area contributed by atoms with Crippen LogP contribution in [0.2, 0.25) is 0 Å². The molecule has 6 nitrogen and oxygen atoms in total. The van der Waals surface area contributed by atoms with Gasteiger partial charge in [0.2, 0.25) is 0 Å². The summed E-state index contributed by atoms with van der Waals surface area (Å²) in [5.41, 5.74) is 3.03. The smallest absolute Gasteiger partial charge is 0.272 e. The fourth-order valence-corrected chi connectivity index (χ4v) is 4.38. The molecule has 132 valence electrons. The molecule has 6 heteroatoms. The molecular formula is C20H21N5O. The van der Waals surface area contributed by atoms with E-state index in [1.54, 1.807) is 16.9 Å². The number of fused-ring (bicyclic) bond motifs is 2. The lowest BCUT2D eigenvalue weighted by molar-refractivity contribution is 0.0773. The Morgan fingerprint density at radius 3 is 2.65 bits per heavy atom. The first-order valence-electron chi connectivity index (χ1n) is 9.08. The van der Waals surface area contributed by atoms with Crippen molar-refractivity contribution in [3.8, 4) is 11.3 Å². The van der Waals surface area contributed by atoms with Crippen molar-refractivity contribution in [1.29, 1.82) is 0 Å². The van der Waals surface area contributed by atoms with E-state index in [4.69, 9.17) is 0 Å². The molecule has 0 N–H and O–H groups in total. The summed E-state index contributed by atoms with van der Waals surface area (Å²) in [5.74, 6) is 2.20. The minimum absolute atomic E-state index is 0.0836. The topological polar surface area (TPSA) is 56.0 Å². The lowest BCUT2D eigenvalue weighted by Crippen LogP contribution is -2.30. The second-order valence-corrected chi connectivity index (χ2v) is 7.31. The van der Waals surface area contributed by atoms with Crippen molar-refractivity contribution in [3.63, 3.8) is 0 Å². The average Bonchev–Trinajstić information content (AvgIpc) is 3.37. The Bertz CT molecular complexity index is 958. The molecule has 0 spiro atoms. The number of imidazole rings is 1. The molecule has 2 aromatic heterocycles. The maximum Gasteiger partial charge on any atom is 0.272 e. The summed E-state index contributed by atoms with van der Waals surface area (Å²) < 4.78 is 4.00. The SMILES string of the molecule is Cn1nccc1C(=O)N1C[C@@H]2Cc3ncc(-c4ccccc4)n3C[C@@H]2C1. The molecule has 2 aliphatic rings. The van der Waals surface area contributed by atoms with Gasteiger partial charge in [-0.05, 0) is 23.5 Å². The van der Waals surface area contributed by atoms with Crippen LogP contribution in [0.1, 0.15) is 16.3 Å². The second-order valence-electron chi connectivity index (χ2n) is 7.31. The number of amides is 1. The number of likely N-dealkylation sites (tertiary alicyclic amines) is 1. The number of carbonyl (C=O) groups is 1. The van der Waals surface area contributed by atoms with Gasteiger partial charge in [-0.15, -0.1) is 0 Å². The molecule has 26 heavy (non-hydrogen) atoms. The summed E-state index contributed by atoms with van der Waals surface area (Å²) >= 11 is 0. The van der Waals surface area contributed by atoms with Crippen LogP contribution in [0.5, 0.6) is 0 Å². The highest BCUT2D eigenvalue weighted by Crippen LogP contribution is 2.35. The molecule has 1 amide bonds. The van der Waals surface area contributed by atoms with E-state index in [9.17, 15) is 4.79 Å². The molecule has 1 aromatic carbocycles. The van der Waals surface area contributed by atoms with Gasteiger partial charge < -0.3 is 9.47 Å². The Kier molecular flexibility index (Phi) is 3.45. The molecule has 0 saturated carbocycles. The van der Waals surface area contributed by atoms with E-state index in [1.807, 2.05) is 24.2 Å². The van der Waals surface area contributed by atoms with Crippen molar-refractivity contribution >= 4 is 5.91 Å². The quantitative estimate of drug-likeness (QED) is 0.714. The zero-order valence-electron chi connectivity index (χ0n) is 14.7. The van der Waals surface area contributed by atoms with Crippen LogP contribution in [-0.4, -0.2) is 43.2 Å². The van der Waals surface area contributed by atoms with Crippen LogP contribution in [0.25, 0.3) is 11.3 Å². The minimum Gasteiger partial charge on any atom is -0.337 e. The molecule has 4 heterocycles. The normalized spacial score (nSPS) is 21.5. The second kappa shape index (κ2) is 5.83. The van der Waals surface area contributed by atoms with E-state index in [-0.39, 0.29) is 5.91 Å². The molecule has 1 saturated heterocycles. The van der Waals surface area contributed by atoms with Gasteiger partial charge in [-0.3, -0.25) is 9.48 Å². The van der Waals surface area contributed by atoms with Crippen LogP contribution in [0, 0.1) is 11.8 Å². The summed E-state index contributed by atoms with van der Waals surface area (Å²) in [5, 5.41) is 4.12. The molecule has 0 radical (unpaired) electrons. The van der Waals surface area contributed by atoms with Crippen molar-refractivity contribution in [2.75, 3.05) is 13.1 Å². The lowest BCUT2D eigenvalue weighted by atomic mass is 9.89. The van der Waals surface area contributed by atoms with Gasteiger partial charge in [-0.2, -0.15) is 5.10 Å². The Hall–Kier alpha value is -2.89. The zero-order chi connectivity index (χ0) is 17.7. The van der Waals surface area contributed by atoms with Gasteiger partial charge >= 0.3 is 0 Å². The van der Waals surface area contributed by atoms with Gasteiger partial charge in [0, 0.05) is 39.3 Å². The number of carbonyl (C=O) groups excluding carboxylic acids is 1. The average molecular weight is 347 g/mol. The van der Waals surface area contributed by atoms with Gasteiger partial charge in [0.25, 0.3) is 5.91 Å². The molecule has 2 aliphatic heterocycles. The number of hydrogen-bond acceptors (Lipinski definition) is 3. The number of hydrogen-bond donors (Lipinski definition) is 0. The van der Waals surface area contributed by atoms with Crippen LogP contribution < -0.4 is 0 Å². The number of rotatable bonds is 2. The Labute approximate surface area is 152 Å². The number of aryl methyl sites for hydroxylation is 1. The molecule has 5 rings (SSSR count). The van der Waals surface area contributed by atoms with Crippen molar-refractivity contribution in [3.05, 3.63) is 60.3 Å². The summed E-state index contributed by atoms with van der Waals surface area (Å²) in [6.45, 7) is 2.54. The van der Waals surface area contributed by atoms with Crippen molar-refractivity contribution < 1.29 is 4.79 Å². The van der Waals surface area contributed by atoms with E-state index in [0.717, 1.165) is 31.9 Å². The first-order chi connectivity index (χ1) is 12.7. The number of benzene rings is 1. The van der Waals surface area contributed by atoms with Gasteiger partial charge in [0.1, 0.15) is 11.5 Å². The predicted octanol–water partition coefficient (Wildman–Crippen LogP) is 2.23. The summed E-state index contributed by atoms with van der Waals surface area (Å²) in [6, 6.07) is 12.2. The molecule has 0 aliphatic carbocycles. The van der Waals surface area contributed by atoms with E-state index >= 15 is 0 Å². The number of aromatic nitrogens is 4. The fourth-order valence-electron chi connectivity index (χ4n) is 4.38. The first-order valence-corrected chi connectivity index (χ1v) is 9.08. The zero-order valence-corrected chi connectivity index (χ0v) is 14.7. The molecule has 2 atom stereocenters. The first kappa shape index (κ1) is 15.4. The van der Waals surface area contributed by atoms with Crippen LogP contribution in [0.3, 0.4) is 0 Å². The Morgan fingerprint density at radius 1 is 1.08 bits per heavy atom. The van der Waals surface area contributed by atoms with E-state index < -0.39 is 0 Å². The summed E-state index contributed by atoms with van der Waals surface area (Å²) in [7, 11) is 1.82. The fraction of sp³-hybridized carbons (Fsp3) is 0.350. The van der Waals surface area contributed by atoms with Gasteiger partial charge in [0.15, 0.2) is 0 Å². The van der Waals surface area contributed by atoms with E-state index in [2.05, 4.69) is 38.9 Å². The monoisotopic (exact) mass is 347 g/mol. The lowest BCUT2D eigenvalue weighted by Gasteiger charge is -2.26. The van der Waals surface area contributed by atoms with Crippen LogP contribution in [0.4, 0.5) is 0 Å². The molecule has 0 unspecified atom stereocenters. The van der Waals surface area contributed by atoms with Crippen molar-refractivity contribution in [2.24, 2.45) is 18.9 Å². The molecule has 0 bridgehead atoms. The van der Waals surface area contributed by atoms with Gasteiger partial charge in [-0.25, -0.2) is 4.98 Å². The maximum absolute atomic E-state index is 12.8. The molecular weight excluding hydrogens is 326 g/mol. The van der Waals surface area contributed by atoms with E-state index in [0.29, 0.717) is 17.5 Å². The van der Waals surface area contributed by atoms with Gasteiger partial charge in [0.05, 0.1) is 11.9 Å². The summed E-state index contributed by atoms with van der Waals surface area (Å²) in [6.07, 6.45) is 4.61. The molecule has 3 aromatic rings. The van der Waals surface area contributed by atoms with E-state index in [1.165, 1.54) is 11.3 Å². The van der Waals surface area contributed by atoms with Crippen molar-refractivity contribution in [2.45, 2.75) is 13.0 Å². The highest BCUT2D eigenvalue weighted by Gasteiger charge is 2.40. The third kappa shape index (κ3) is 2.36. The molecule has 1 fully saturated rings. The Balaban J connectivity index is 1.39. The standard InChI is InChI=1S/C20H21N5O/c1-23-17(7-8-22-23)20(26)24-11-15-9-19-21-10-18(14-5-3-2-4-6-14)25(19)13-16(15)12-24/h2-8,10,15-16H,9,11-13H2,1H3/t15-,16-/m0/s1. The number of nitrogens with zero attached hydrogens (tertiary/aromatic N) is 5. The minimum atomic E-state index is 0.0836. The van der Waals surface area contributed by atoms with Gasteiger partial charge in [-0.1, -0.05) is 30.3 Å². The highest BCUT2D eigenvalue weighted by molar-refractivity contribution is 5.92. The Morgan fingerprint density at radius 2 is 1.88 bits per heavy atom. The van der Waals surface area contributed by atoms with Crippen molar-refractivity contribution in [1.82, 2.24) is 24.2 Å². The van der Waals surface area contributed by atoms with Crippen LogP contribution in [-0.2, 0) is 20.0 Å². The van der Waals surface area contributed by atoms with Crippen LogP contribution in [0.15, 0.2) is 48.8 Å². The highest BCUT2D eigenvalue weighted by atomic mass is 16.2.